The van der Waals surface area contributed by atoms with Crippen LogP contribution in [0.25, 0.3) is 10.4 Å². The summed E-state index contributed by atoms with van der Waals surface area (Å²) in [6, 6.07) is 0. The molecule has 5 N–H and O–H groups in total. The molecule has 1 amide bonds. The summed E-state index contributed by atoms with van der Waals surface area (Å²) in [4.78, 5) is 23.8. The molecule has 0 unspecified atom stereocenters. The maximum absolute atomic E-state index is 11.2. The van der Waals surface area contributed by atoms with Gasteiger partial charge in [-0.25, -0.2) is 4.79 Å². The van der Waals surface area contributed by atoms with Crippen molar-refractivity contribution >= 4 is 12.2 Å². The fourth-order valence-corrected chi connectivity index (χ4v) is 1.35. The minimum Gasteiger partial charge on any atom is -0.393 e. The van der Waals surface area contributed by atoms with Crippen LogP contribution in [0.2, 0.25) is 0 Å². The van der Waals surface area contributed by atoms with Crippen LogP contribution >= 0.6 is 0 Å². The van der Waals surface area contributed by atoms with Gasteiger partial charge in [-0.15, -0.1) is 10.5 Å². The molecule has 0 spiro atoms. The summed E-state index contributed by atoms with van der Waals surface area (Å²) in [5.41, 5.74) is 5.20. The van der Waals surface area contributed by atoms with E-state index in [0.717, 1.165) is 6.92 Å². The third-order valence-corrected chi connectivity index (χ3v) is 2.33. The number of carbonyl (C=O) groups is 2. The minimum atomic E-state index is -3.08. The first-order chi connectivity index (χ1) is 8.77. The predicted octanol–water partition coefficient (Wildman–Crippen LogP) is -2.98. The Labute approximate surface area is 106 Å². The molecule has 0 aliphatic rings. The second-order valence-electron chi connectivity index (χ2n) is 3.56. The molecule has 0 fully saturated rings. The lowest BCUT2D eigenvalue weighted by atomic mass is 9.95. The average Bonchev–Trinajstić information content (AvgIpc) is 2.40. The maximum Gasteiger partial charge on any atom is 0.312 e. The summed E-state index contributed by atoms with van der Waals surface area (Å²) in [6.45, 7) is -0.326. The Bertz CT molecular complexity index is 383. The molecule has 0 heterocycles. The highest BCUT2D eigenvalue weighted by molar-refractivity contribution is 5.74. The molecule has 0 aromatic carbocycles. The van der Waals surface area contributed by atoms with Crippen molar-refractivity contribution in [3.63, 3.8) is 0 Å². The molecule has 0 saturated carbocycles. The summed E-state index contributed by atoms with van der Waals surface area (Å²) in [5, 5.41) is 49.8. The van der Waals surface area contributed by atoms with Gasteiger partial charge in [0.05, 0.1) is 6.61 Å². The molecule has 0 aromatic rings. The number of rotatable bonds is 7. The van der Waals surface area contributed by atoms with Crippen molar-refractivity contribution in [1.82, 2.24) is 5.01 Å². The number of aldehydes is 1. The summed E-state index contributed by atoms with van der Waals surface area (Å²) >= 11 is 0. The first-order valence-electron chi connectivity index (χ1n) is 4.95. The first-order valence-corrected chi connectivity index (χ1v) is 4.95. The molecule has 0 aromatic heterocycles. The molecule has 0 rings (SSSR count). The molecule has 108 valence electrons. The van der Waals surface area contributed by atoms with Crippen molar-refractivity contribution < 1.29 is 35.1 Å². The molecule has 0 bridgehead atoms. The SMILES string of the molecule is CC(=O)N(N=[N+]=[N-])[C@@](O)([C@H](O)CO)[C@H](O)[C@H](O)C=O. The van der Waals surface area contributed by atoms with Gasteiger partial charge in [-0.05, 0) is 5.22 Å². The Hall–Kier alpha value is -1.75. The van der Waals surface area contributed by atoms with Gasteiger partial charge >= 0.3 is 5.91 Å². The molecule has 0 aliphatic carbocycles. The number of hydrogen-bond acceptors (Lipinski definition) is 8. The Morgan fingerprint density at radius 2 is 2.05 bits per heavy atom. The topological polar surface area (TPSA) is 187 Å². The Morgan fingerprint density at radius 1 is 1.53 bits per heavy atom. The Morgan fingerprint density at radius 3 is 2.37 bits per heavy atom. The van der Waals surface area contributed by atoms with Crippen LogP contribution in [0.1, 0.15) is 6.92 Å². The molecule has 11 heteroatoms. The summed E-state index contributed by atoms with van der Waals surface area (Å²) in [5.74, 6) is -1.11. The van der Waals surface area contributed by atoms with E-state index in [1.54, 1.807) is 0 Å². The summed E-state index contributed by atoms with van der Waals surface area (Å²) in [7, 11) is 0. The lowest BCUT2D eigenvalue weighted by Crippen LogP contribution is -2.67. The number of aliphatic hydroxyl groups excluding tert-OH is 4. The fraction of sp³-hybridized carbons (Fsp3) is 0.750. The van der Waals surface area contributed by atoms with Crippen LogP contribution in [0.5, 0.6) is 0 Å². The average molecular weight is 278 g/mol. The molecule has 4 atom stereocenters. The van der Waals surface area contributed by atoms with Gasteiger partial charge in [0.2, 0.25) is 0 Å². The first kappa shape index (κ1) is 17.2. The number of azide groups is 1. The third-order valence-electron chi connectivity index (χ3n) is 2.33. The second kappa shape index (κ2) is 6.99. The monoisotopic (exact) mass is 278 g/mol. The van der Waals surface area contributed by atoms with E-state index < -0.39 is 36.6 Å². The normalized spacial score (nSPS) is 18.4. The minimum absolute atomic E-state index is 0.0781. The second-order valence-corrected chi connectivity index (χ2v) is 3.56. The maximum atomic E-state index is 11.2. The largest absolute Gasteiger partial charge is 0.393 e. The van der Waals surface area contributed by atoms with E-state index in [9.17, 15) is 24.9 Å². The van der Waals surface area contributed by atoms with Crippen LogP contribution in [0, 0.1) is 0 Å². The predicted molar refractivity (Wildman–Crippen MR) is 57.8 cm³/mol. The smallest absolute Gasteiger partial charge is 0.312 e. The van der Waals surface area contributed by atoms with Crippen LogP contribution < -0.4 is 0 Å². The van der Waals surface area contributed by atoms with Crippen LogP contribution in [-0.2, 0) is 9.59 Å². The van der Waals surface area contributed by atoms with E-state index in [0.29, 0.717) is 0 Å². The Balaban J connectivity index is 5.80. The zero-order chi connectivity index (χ0) is 15.2. The number of amides is 1. The third kappa shape index (κ3) is 3.38. The standard InChI is InChI=1S/C8H14N4O7/c1-4(15)12(11-10-9)8(19,6(17)3-14)7(18)5(16)2-13/h2,5-7,14,16-19H,3H2,1H3/t5-,6-,7-,8-/m1/s1. The van der Waals surface area contributed by atoms with Gasteiger partial charge in [0.25, 0.3) is 5.72 Å². The molecule has 0 aliphatic heterocycles. The lowest BCUT2D eigenvalue weighted by Gasteiger charge is -2.38. The summed E-state index contributed by atoms with van der Waals surface area (Å²) in [6.07, 6.45) is -6.98. The van der Waals surface area contributed by atoms with Crippen LogP contribution in [0.15, 0.2) is 5.22 Å². The van der Waals surface area contributed by atoms with Gasteiger partial charge in [0.1, 0.15) is 12.2 Å². The van der Waals surface area contributed by atoms with Gasteiger partial charge < -0.3 is 30.3 Å². The number of carbonyl (C=O) groups excluding carboxylic acids is 2. The number of nitrogens with zero attached hydrogens (tertiary/aromatic N) is 4. The number of hydrogen-bond donors (Lipinski definition) is 5. The van der Waals surface area contributed by atoms with Gasteiger partial charge in [0.15, 0.2) is 12.4 Å². The number of aliphatic hydroxyl groups is 5. The van der Waals surface area contributed by atoms with Gasteiger partial charge in [-0.3, -0.25) is 0 Å². The van der Waals surface area contributed by atoms with Crippen LogP contribution in [-0.4, -0.2) is 73.4 Å². The van der Waals surface area contributed by atoms with Gasteiger partial charge in [-0.1, -0.05) is 0 Å². The molecular weight excluding hydrogens is 264 g/mol. The van der Waals surface area contributed by atoms with Crippen molar-refractivity contribution in [2.45, 2.75) is 31.0 Å². The molecule has 11 nitrogen and oxygen atoms in total. The van der Waals surface area contributed by atoms with E-state index in [2.05, 4.69) is 10.1 Å². The quantitative estimate of drug-likeness (QED) is 0.0819. The highest BCUT2D eigenvalue weighted by Crippen LogP contribution is 2.24. The molecule has 0 saturated heterocycles. The lowest BCUT2D eigenvalue weighted by molar-refractivity contribution is -0.250. The Kier molecular flexibility index (Phi) is 6.35. The fourth-order valence-electron chi connectivity index (χ4n) is 1.35. The van der Waals surface area contributed by atoms with E-state index in [-0.39, 0.29) is 11.3 Å². The van der Waals surface area contributed by atoms with Crippen molar-refractivity contribution in [2.75, 3.05) is 6.61 Å². The van der Waals surface area contributed by atoms with E-state index in [4.69, 9.17) is 15.7 Å². The van der Waals surface area contributed by atoms with E-state index >= 15 is 0 Å². The van der Waals surface area contributed by atoms with Crippen LogP contribution in [0.4, 0.5) is 0 Å². The molecule has 0 radical (unpaired) electrons. The molecular formula is C8H14N4O7. The highest BCUT2D eigenvalue weighted by Gasteiger charge is 2.56. The van der Waals surface area contributed by atoms with Gasteiger partial charge in [-0.2, -0.15) is 4.91 Å². The van der Waals surface area contributed by atoms with Gasteiger partial charge in [0, 0.05) is 6.92 Å². The molecule has 19 heavy (non-hydrogen) atoms. The van der Waals surface area contributed by atoms with Crippen LogP contribution in [0.3, 0.4) is 0 Å². The highest BCUT2D eigenvalue weighted by atomic mass is 16.4. The van der Waals surface area contributed by atoms with Crippen molar-refractivity contribution in [1.29, 1.82) is 0 Å². The zero-order valence-corrected chi connectivity index (χ0v) is 9.86. The van der Waals surface area contributed by atoms with Crippen molar-refractivity contribution in [3.05, 3.63) is 10.4 Å². The van der Waals surface area contributed by atoms with Crippen molar-refractivity contribution in [3.8, 4) is 0 Å². The summed E-state index contributed by atoms with van der Waals surface area (Å²) < 4.78 is 0. The van der Waals surface area contributed by atoms with Crippen molar-refractivity contribution in [2.24, 2.45) is 5.22 Å². The van der Waals surface area contributed by atoms with E-state index in [1.165, 1.54) is 0 Å². The van der Waals surface area contributed by atoms with E-state index in [1.807, 2.05) is 0 Å². The zero-order valence-electron chi connectivity index (χ0n) is 9.86.